The number of aromatic nitrogens is 1. The minimum Gasteiger partial charge on any atom is -0.493 e. The Balaban J connectivity index is 1.73. The Hall–Kier alpha value is -1.74. The first-order valence-electron chi connectivity index (χ1n) is 6.38. The summed E-state index contributed by atoms with van der Waals surface area (Å²) in [6.07, 6.45) is 4.35. The van der Waals surface area contributed by atoms with Gasteiger partial charge < -0.3 is 14.6 Å². The highest BCUT2D eigenvalue weighted by Crippen LogP contribution is 2.34. The van der Waals surface area contributed by atoms with Crippen LogP contribution >= 0.6 is 0 Å². The fourth-order valence-electron chi connectivity index (χ4n) is 2.55. The summed E-state index contributed by atoms with van der Waals surface area (Å²) in [6.45, 7) is 2.70. The van der Waals surface area contributed by atoms with Crippen LogP contribution < -0.4 is 10.1 Å². The maximum Gasteiger partial charge on any atom is 0.122 e. The van der Waals surface area contributed by atoms with E-state index in [1.54, 1.807) is 0 Å². The summed E-state index contributed by atoms with van der Waals surface area (Å²) < 4.78 is 7.96. The molecule has 2 heterocycles. The molecule has 0 amide bonds. The van der Waals surface area contributed by atoms with Crippen molar-refractivity contribution in [3.05, 3.63) is 53.9 Å². The minimum atomic E-state index is 0.469. The molecule has 1 aliphatic rings. The van der Waals surface area contributed by atoms with Gasteiger partial charge in [0.25, 0.3) is 0 Å². The molecule has 1 unspecified atom stereocenters. The van der Waals surface area contributed by atoms with Gasteiger partial charge in [-0.1, -0.05) is 18.2 Å². The zero-order chi connectivity index (χ0) is 12.4. The molecule has 3 heteroatoms. The predicted molar refractivity (Wildman–Crippen MR) is 71.9 cm³/mol. The van der Waals surface area contributed by atoms with Gasteiger partial charge in [-0.05, 0) is 24.7 Å². The summed E-state index contributed by atoms with van der Waals surface area (Å²) in [5.74, 6) is 1.51. The standard InChI is InChI=1S/C15H18N2O/c1-16-8-12-6-7-17(9-12)10-13-11-18-15-5-3-2-4-14(13)15/h2-7,9,13,16H,8,10-11H2,1H3. The Morgan fingerprint density at radius 3 is 3.11 bits per heavy atom. The van der Waals surface area contributed by atoms with E-state index in [0.29, 0.717) is 5.92 Å². The second-order valence-electron chi connectivity index (χ2n) is 4.79. The number of ether oxygens (including phenoxy) is 1. The number of hydrogen-bond acceptors (Lipinski definition) is 2. The first kappa shape index (κ1) is 11.4. The lowest BCUT2D eigenvalue weighted by molar-refractivity contribution is 0.319. The highest BCUT2D eigenvalue weighted by molar-refractivity contribution is 5.39. The van der Waals surface area contributed by atoms with E-state index in [9.17, 15) is 0 Å². The Bertz CT molecular complexity index is 533. The van der Waals surface area contributed by atoms with E-state index in [1.165, 1.54) is 11.1 Å². The number of fused-ring (bicyclic) bond motifs is 1. The number of para-hydroxylation sites is 1. The summed E-state index contributed by atoms with van der Waals surface area (Å²) in [6, 6.07) is 10.5. The van der Waals surface area contributed by atoms with Crippen molar-refractivity contribution in [1.82, 2.24) is 9.88 Å². The van der Waals surface area contributed by atoms with Crippen molar-refractivity contribution in [3.8, 4) is 5.75 Å². The second kappa shape index (κ2) is 4.86. The SMILES string of the molecule is CNCc1ccn(CC2COc3ccccc32)c1. The van der Waals surface area contributed by atoms with Crippen LogP contribution in [0.3, 0.4) is 0 Å². The van der Waals surface area contributed by atoms with Crippen molar-refractivity contribution in [1.29, 1.82) is 0 Å². The Morgan fingerprint density at radius 2 is 2.22 bits per heavy atom. The van der Waals surface area contributed by atoms with E-state index >= 15 is 0 Å². The lowest BCUT2D eigenvalue weighted by atomic mass is 10.0. The molecule has 94 valence electrons. The van der Waals surface area contributed by atoms with Crippen LogP contribution in [0.5, 0.6) is 5.75 Å². The summed E-state index contributed by atoms with van der Waals surface area (Å²) in [4.78, 5) is 0. The van der Waals surface area contributed by atoms with E-state index in [0.717, 1.165) is 25.4 Å². The van der Waals surface area contributed by atoms with Crippen molar-refractivity contribution >= 4 is 0 Å². The molecule has 0 saturated carbocycles. The van der Waals surface area contributed by atoms with Gasteiger partial charge in [-0.25, -0.2) is 0 Å². The monoisotopic (exact) mass is 242 g/mol. The van der Waals surface area contributed by atoms with E-state index < -0.39 is 0 Å². The van der Waals surface area contributed by atoms with Gasteiger partial charge in [0, 0.05) is 37.0 Å². The maximum absolute atomic E-state index is 5.71. The van der Waals surface area contributed by atoms with Gasteiger partial charge in [0.1, 0.15) is 5.75 Å². The summed E-state index contributed by atoms with van der Waals surface area (Å²) in [5, 5.41) is 3.17. The third-order valence-corrected chi connectivity index (χ3v) is 3.42. The van der Waals surface area contributed by atoms with Crippen LogP contribution in [0.1, 0.15) is 17.0 Å². The van der Waals surface area contributed by atoms with Crippen LogP contribution in [-0.2, 0) is 13.1 Å². The summed E-state index contributed by atoms with van der Waals surface area (Å²) >= 11 is 0. The molecule has 3 nitrogen and oxygen atoms in total. The predicted octanol–water partition coefficient (Wildman–Crippen LogP) is 2.38. The van der Waals surface area contributed by atoms with Crippen LogP contribution in [0.25, 0.3) is 0 Å². The highest BCUT2D eigenvalue weighted by atomic mass is 16.5. The second-order valence-corrected chi connectivity index (χ2v) is 4.79. The fraction of sp³-hybridized carbons (Fsp3) is 0.333. The van der Waals surface area contributed by atoms with Crippen molar-refractivity contribution in [3.63, 3.8) is 0 Å². The normalized spacial score (nSPS) is 17.5. The van der Waals surface area contributed by atoms with Crippen molar-refractivity contribution in [2.75, 3.05) is 13.7 Å². The van der Waals surface area contributed by atoms with Crippen LogP contribution in [0, 0.1) is 0 Å². The number of hydrogen-bond donors (Lipinski definition) is 1. The fourth-order valence-corrected chi connectivity index (χ4v) is 2.55. The molecule has 1 aromatic heterocycles. The lowest BCUT2D eigenvalue weighted by Crippen LogP contribution is -2.09. The van der Waals surface area contributed by atoms with Crippen LogP contribution in [-0.4, -0.2) is 18.2 Å². The molecule has 1 aromatic carbocycles. The molecule has 0 bridgehead atoms. The van der Waals surface area contributed by atoms with Gasteiger partial charge in [0.15, 0.2) is 0 Å². The molecular formula is C15H18N2O. The zero-order valence-corrected chi connectivity index (χ0v) is 10.6. The molecule has 1 atom stereocenters. The highest BCUT2D eigenvalue weighted by Gasteiger charge is 2.23. The van der Waals surface area contributed by atoms with E-state index in [1.807, 2.05) is 13.1 Å². The molecule has 0 fully saturated rings. The van der Waals surface area contributed by atoms with Gasteiger partial charge in [0.05, 0.1) is 6.61 Å². The van der Waals surface area contributed by atoms with Gasteiger partial charge in [-0.15, -0.1) is 0 Å². The molecular weight excluding hydrogens is 224 g/mol. The molecule has 1 N–H and O–H groups in total. The lowest BCUT2D eigenvalue weighted by Gasteiger charge is -2.09. The Morgan fingerprint density at radius 1 is 1.33 bits per heavy atom. The summed E-state index contributed by atoms with van der Waals surface area (Å²) in [7, 11) is 1.97. The van der Waals surface area contributed by atoms with Crippen LogP contribution in [0.2, 0.25) is 0 Å². The van der Waals surface area contributed by atoms with Gasteiger partial charge in [0.2, 0.25) is 0 Å². The zero-order valence-electron chi connectivity index (χ0n) is 10.6. The first-order chi connectivity index (χ1) is 8.86. The van der Waals surface area contributed by atoms with Crippen LogP contribution in [0.4, 0.5) is 0 Å². The van der Waals surface area contributed by atoms with Gasteiger partial charge in [-0.3, -0.25) is 0 Å². The van der Waals surface area contributed by atoms with E-state index in [4.69, 9.17) is 4.74 Å². The largest absolute Gasteiger partial charge is 0.493 e. The molecule has 18 heavy (non-hydrogen) atoms. The third kappa shape index (κ3) is 2.14. The topological polar surface area (TPSA) is 26.2 Å². The van der Waals surface area contributed by atoms with E-state index in [-0.39, 0.29) is 0 Å². The number of nitrogens with one attached hydrogen (secondary N) is 1. The smallest absolute Gasteiger partial charge is 0.122 e. The number of rotatable bonds is 4. The van der Waals surface area contributed by atoms with Crippen molar-refractivity contribution in [2.45, 2.75) is 19.0 Å². The molecule has 0 aliphatic carbocycles. The third-order valence-electron chi connectivity index (χ3n) is 3.42. The van der Waals surface area contributed by atoms with Gasteiger partial charge in [-0.2, -0.15) is 0 Å². The molecule has 0 spiro atoms. The maximum atomic E-state index is 5.71. The minimum absolute atomic E-state index is 0.469. The number of benzene rings is 1. The van der Waals surface area contributed by atoms with Gasteiger partial charge >= 0.3 is 0 Å². The molecule has 1 aliphatic heterocycles. The van der Waals surface area contributed by atoms with Crippen molar-refractivity contribution in [2.24, 2.45) is 0 Å². The molecule has 2 aromatic rings. The first-order valence-corrected chi connectivity index (χ1v) is 6.38. The number of nitrogens with zero attached hydrogens (tertiary/aromatic N) is 1. The van der Waals surface area contributed by atoms with E-state index in [2.05, 4.69) is 46.5 Å². The average molecular weight is 242 g/mol. The quantitative estimate of drug-likeness (QED) is 0.891. The molecule has 0 radical (unpaired) electrons. The average Bonchev–Trinajstić information content (AvgIpc) is 2.99. The molecule has 3 rings (SSSR count). The summed E-state index contributed by atoms with van der Waals surface area (Å²) in [5.41, 5.74) is 2.66. The Kier molecular flexibility index (Phi) is 3.07. The van der Waals surface area contributed by atoms with Crippen molar-refractivity contribution < 1.29 is 4.74 Å². The van der Waals surface area contributed by atoms with Crippen LogP contribution in [0.15, 0.2) is 42.7 Å². The Labute approximate surface area is 107 Å². The molecule has 0 saturated heterocycles.